The van der Waals surface area contributed by atoms with Gasteiger partial charge in [0.25, 0.3) is 0 Å². The molecule has 0 aliphatic rings. The largest absolute Gasteiger partial charge is 0.497 e. The highest BCUT2D eigenvalue weighted by Crippen LogP contribution is 2.36. The standard InChI is InChI=1S/C15H19NO3/c1-17-11-5-6-12(15(10-11)18-2)13(7-8-16)14-4-3-9-19-14/h3-6,9-10,13H,7-8,16H2,1-2H3. The predicted octanol–water partition coefficient (Wildman–Crippen LogP) is 2.78. The van der Waals surface area contributed by atoms with Crippen LogP contribution in [0.2, 0.25) is 0 Å². The van der Waals surface area contributed by atoms with E-state index in [-0.39, 0.29) is 5.92 Å². The maximum Gasteiger partial charge on any atom is 0.126 e. The molecule has 0 saturated heterocycles. The normalized spacial score (nSPS) is 12.2. The van der Waals surface area contributed by atoms with Crippen LogP contribution in [0.1, 0.15) is 23.7 Å². The van der Waals surface area contributed by atoms with E-state index in [4.69, 9.17) is 19.6 Å². The molecule has 0 radical (unpaired) electrons. The van der Waals surface area contributed by atoms with Crippen molar-refractivity contribution in [3.63, 3.8) is 0 Å². The molecule has 1 heterocycles. The lowest BCUT2D eigenvalue weighted by Gasteiger charge is -2.18. The second-order valence-electron chi connectivity index (χ2n) is 4.25. The number of hydrogen-bond acceptors (Lipinski definition) is 4. The van der Waals surface area contributed by atoms with Crippen molar-refractivity contribution < 1.29 is 13.9 Å². The first-order valence-corrected chi connectivity index (χ1v) is 6.25. The van der Waals surface area contributed by atoms with Gasteiger partial charge in [-0.15, -0.1) is 0 Å². The van der Waals surface area contributed by atoms with E-state index in [1.165, 1.54) is 0 Å². The third kappa shape index (κ3) is 2.90. The summed E-state index contributed by atoms with van der Waals surface area (Å²) in [4.78, 5) is 0. The molecule has 0 amide bonds. The van der Waals surface area contributed by atoms with Gasteiger partial charge in [0.15, 0.2) is 0 Å². The van der Waals surface area contributed by atoms with E-state index >= 15 is 0 Å². The summed E-state index contributed by atoms with van der Waals surface area (Å²) in [6.07, 6.45) is 2.48. The summed E-state index contributed by atoms with van der Waals surface area (Å²) in [7, 11) is 3.29. The Kier molecular flexibility index (Phi) is 4.47. The topological polar surface area (TPSA) is 57.6 Å². The third-order valence-corrected chi connectivity index (χ3v) is 3.16. The van der Waals surface area contributed by atoms with Gasteiger partial charge in [0.1, 0.15) is 17.3 Å². The van der Waals surface area contributed by atoms with Crippen molar-refractivity contribution in [3.8, 4) is 11.5 Å². The van der Waals surface area contributed by atoms with Gasteiger partial charge in [-0.3, -0.25) is 0 Å². The van der Waals surface area contributed by atoms with Gasteiger partial charge in [-0.05, 0) is 31.2 Å². The molecule has 0 bridgehead atoms. The van der Waals surface area contributed by atoms with Crippen LogP contribution in [-0.4, -0.2) is 20.8 Å². The van der Waals surface area contributed by atoms with Gasteiger partial charge in [0.05, 0.1) is 20.5 Å². The molecule has 1 aromatic carbocycles. The van der Waals surface area contributed by atoms with Crippen molar-refractivity contribution in [1.29, 1.82) is 0 Å². The van der Waals surface area contributed by atoms with Crippen LogP contribution in [0.5, 0.6) is 11.5 Å². The molecule has 2 N–H and O–H groups in total. The van der Waals surface area contributed by atoms with Crippen LogP contribution in [0.4, 0.5) is 0 Å². The van der Waals surface area contributed by atoms with Crippen molar-refractivity contribution in [2.45, 2.75) is 12.3 Å². The second-order valence-corrected chi connectivity index (χ2v) is 4.25. The number of furan rings is 1. The molecule has 0 spiro atoms. The van der Waals surface area contributed by atoms with Gasteiger partial charge in [-0.25, -0.2) is 0 Å². The van der Waals surface area contributed by atoms with Crippen LogP contribution in [0.15, 0.2) is 41.0 Å². The minimum Gasteiger partial charge on any atom is -0.497 e. The Morgan fingerprint density at radius 1 is 1.21 bits per heavy atom. The van der Waals surface area contributed by atoms with E-state index < -0.39 is 0 Å². The molecule has 1 aromatic heterocycles. The number of nitrogens with two attached hydrogens (primary N) is 1. The highest BCUT2D eigenvalue weighted by Gasteiger charge is 2.20. The minimum absolute atomic E-state index is 0.0980. The maximum atomic E-state index is 5.71. The zero-order valence-electron chi connectivity index (χ0n) is 11.3. The minimum atomic E-state index is 0.0980. The maximum absolute atomic E-state index is 5.71. The van der Waals surface area contributed by atoms with Crippen molar-refractivity contribution in [1.82, 2.24) is 0 Å². The average Bonchev–Trinajstić information content (AvgIpc) is 2.98. The van der Waals surface area contributed by atoms with E-state index in [0.29, 0.717) is 6.54 Å². The fraction of sp³-hybridized carbons (Fsp3) is 0.333. The number of rotatable bonds is 6. The molecule has 1 unspecified atom stereocenters. The molecule has 19 heavy (non-hydrogen) atoms. The van der Waals surface area contributed by atoms with Crippen molar-refractivity contribution >= 4 is 0 Å². The summed E-state index contributed by atoms with van der Waals surface area (Å²) >= 11 is 0. The predicted molar refractivity (Wildman–Crippen MR) is 73.8 cm³/mol. The number of methoxy groups -OCH3 is 2. The third-order valence-electron chi connectivity index (χ3n) is 3.16. The fourth-order valence-electron chi connectivity index (χ4n) is 2.21. The summed E-state index contributed by atoms with van der Waals surface area (Å²) in [6.45, 7) is 0.584. The van der Waals surface area contributed by atoms with E-state index in [1.807, 2.05) is 30.3 Å². The smallest absolute Gasteiger partial charge is 0.126 e. The Hall–Kier alpha value is -1.94. The number of benzene rings is 1. The summed E-state index contributed by atoms with van der Waals surface area (Å²) in [6, 6.07) is 9.64. The SMILES string of the molecule is COc1ccc(C(CCN)c2ccco2)c(OC)c1. The van der Waals surface area contributed by atoms with E-state index in [9.17, 15) is 0 Å². The van der Waals surface area contributed by atoms with Crippen LogP contribution in [0.25, 0.3) is 0 Å². The van der Waals surface area contributed by atoms with Gasteiger partial charge in [0, 0.05) is 17.5 Å². The first-order chi connectivity index (χ1) is 9.30. The molecule has 1 atom stereocenters. The first kappa shape index (κ1) is 13.5. The summed E-state index contributed by atoms with van der Waals surface area (Å²) in [5.74, 6) is 2.55. The Bertz CT molecular complexity index is 508. The van der Waals surface area contributed by atoms with Gasteiger partial charge in [0.2, 0.25) is 0 Å². The van der Waals surface area contributed by atoms with Crippen LogP contribution in [0, 0.1) is 0 Å². The molecule has 2 rings (SSSR count). The zero-order valence-corrected chi connectivity index (χ0v) is 11.3. The molecule has 0 fully saturated rings. The van der Waals surface area contributed by atoms with Crippen molar-refractivity contribution in [3.05, 3.63) is 47.9 Å². The van der Waals surface area contributed by atoms with Crippen LogP contribution >= 0.6 is 0 Å². The number of hydrogen-bond donors (Lipinski definition) is 1. The average molecular weight is 261 g/mol. The van der Waals surface area contributed by atoms with Crippen molar-refractivity contribution in [2.24, 2.45) is 5.73 Å². The summed E-state index contributed by atoms with van der Waals surface area (Å²) in [5, 5.41) is 0. The van der Waals surface area contributed by atoms with Crippen LogP contribution < -0.4 is 15.2 Å². The quantitative estimate of drug-likeness (QED) is 0.868. The van der Waals surface area contributed by atoms with E-state index in [1.54, 1.807) is 20.5 Å². The van der Waals surface area contributed by atoms with E-state index in [0.717, 1.165) is 29.2 Å². The summed E-state index contributed by atoms with van der Waals surface area (Å²) < 4.78 is 16.2. The van der Waals surface area contributed by atoms with Gasteiger partial charge in [-0.1, -0.05) is 6.07 Å². The molecule has 4 heteroatoms. The molecular weight excluding hydrogens is 242 g/mol. The Morgan fingerprint density at radius 3 is 2.63 bits per heavy atom. The molecule has 102 valence electrons. The first-order valence-electron chi connectivity index (χ1n) is 6.25. The molecule has 2 aromatic rings. The van der Waals surface area contributed by atoms with Gasteiger partial charge < -0.3 is 19.6 Å². The van der Waals surface area contributed by atoms with Crippen LogP contribution in [0.3, 0.4) is 0 Å². The van der Waals surface area contributed by atoms with Crippen molar-refractivity contribution in [2.75, 3.05) is 20.8 Å². The highest BCUT2D eigenvalue weighted by atomic mass is 16.5. The molecule has 4 nitrogen and oxygen atoms in total. The monoisotopic (exact) mass is 261 g/mol. The number of ether oxygens (including phenoxy) is 2. The molecule has 0 aliphatic heterocycles. The Balaban J connectivity index is 2.41. The van der Waals surface area contributed by atoms with E-state index in [2.05, 4.69) is 0 Å². The lowest BCUT2D eigenvalue weighted by molar-refractivity contribution is 0.385. The van der Waals surface area contributed by atoms with Crippen LogP contribution in [-0.2, 0) is 0 Å². The molecule has 0 aliphatic carbocycles. The molecule has 0 saturated carbocycles. The lowest BCUT2D eigenvalue weighted by atomic mass is 9.92. The van der Waals surface area contributed by atoms with Gasteiger partial charge in [-0.2, -0.15) is 0 Å². The Morgan fingerprint density at radius 2 is 2.05 bits per heavy atom. The summed E-state index contributed by atoms with van der Waals surface area (Å²) in [5.41, 5.74) is 6.77. The molecular formula is C15H19NO3. The second kappa shape index (κ2) is 6.29. The fourth-order valence-corrected chi connectivity index (χ4v) is 2.21. The zero-order chi connectivity index (χ0) is 13.7. The highest BCUT2D eigenvalue weighted by molar-refractivity contribution is 5.45. The van der Waals surface area contributed by atoms with Gasteiger partial charge >= 0.3 is 0 Å². The Labute approximate surface area is 113 Å². The lowest BCUT2D eigenvalue weighted by Crippen LogP contribution is -2.09.